The molecule has 0 unspecified atom stereocenters. The number of ether oxygens (including phenoxy) is 2. The van der Waals surface area contributed by atoms with Crippen molar-refractivity contribution in [1.29, 1.82) is 0 Å². The van der Waals surface area contributed by atoms with E-state index in [9.17, 15) is 4.79 Å². The summed E-state index contributed by atoms with van der Waals surface area (Å²) in [5, 5.41) is 3.10. The van der Waals surface area contributed by atoms with E-state index in [4.69, 9.17) is 21.1 Å². The van der Waals surface area contributed by atoms with E-state index >= 15 is 0 Å². The van der Waals surface area contributed by atoms with Gasteiger partial charge < -0.3 is 14.8 Å². The maximum atomic E-state index is 12.1. The number of nitrogens with one attached hydrogen (secondary N) is 1. The molecule has 1 aromatic carbocycles. The molecule has 1 aliphatic rings. The highest BCUT2D eigenvalue weighted by Crippen LogP contribution is 2.29. The summed E-state index contributed by atoms with van der Waals surface area (Å²) in [6.07, 6.45) is 9.77. The molecule has 2 rings (SSSR count). The van der Waals surface area contributed by atoms with Gasteiger partial charge in [-0.15, -0.1) is 11.6 Å². The summed E-state index contributed by atoms with van der Waals surface area (Å²) in [6, 6.07) is 5.98. The number of benzene rings is 1. The lowest BCUT2D eigenvalue weighted by molar-refractivity contribution is -0.117. The minimum Gasteiger partial charge on any atom is -0.493 e. The van der Waals surface area contributed by atoms with Crippen molar-refractivity contribution in [2.45, 2.75) is 51.5 Å². The molecule has 1 amide bonds. The molecule has 26 heavy (non-hydrogen) atoms. The summed E-state index contributed by atoms with van der Waals surface area (Å²) < 4.78 is 11.1. The molecule has 4 nitrogen and oxygen atoms in total. The molecule has 0 heterocycles. The lowest BCUT2D eigenvalue weighted by Crippen LogP contribution is -2.36. The van der Waals surface area contributed by atoms with Crippen LogP contribution in [-0.2, 0) is 4.79 Å². The third-order valence-corrected chi connectivity index (χ3v) is 5.03. The van der Waals surface area contributed by atoms with Gasteiger partial charge in [0.1, 0.15) is 0 Å². The first kappa shape index (κ1) is 20.6. The van der Waals surface area contributed by atoms with Crippen LogP contribution in [-0.4, -0.2) is 31.5 Å². The quantitative estimate of drug-likeness (QED) is 0.381. The zero-order valence-corrected chi connectivity index (χ0v) is 16.6. The molecule has 0 bridgehead atoms. The number of hydrogen-bond acceptors (Lipinski definition) is 3. The van der Waals surface area contributed by atoms with E-state index in [1.165, 1.54) is 12.8 Å². The molecule has 0 aromatic heterocycles. The van der Waals surface area contributed by atoms with E-state index in [2.05, 4.69) is 12.2 Å². The van der Waals surface area contributed by atoms with Gasteiger partial charge in [0.2, 0.25) is 5.91 Å². The zero-order valence-electron chi connectivity index (χ0n) is 15.8. The van der Waals surface area contributed by atoms with Crippen molar-refractivity contribution in [2.75, 3.05) is 19.6 Å². The van der Waals surface area contributed by atoms with Crippen LogP contribution in [0, 0.1) is 5.92 Å². The number of carbonyl (C=O) groups is 1. The summed E-state index contributed by atoms with van der Waals surface area (Å²) in [6.45, 7) is 2.89. The van der Waals surface area contributed by atoms with Gasteiger partial charge in [-0.2, -0.15) is 0 Å². The Morgan fingerprint density at radius 3 is 2.69 bits per heavy atom. The predicted octanol–water partition coefficient (Wildman–Crippen LogP) is 4.80. The van der Waals surface area contributed by atoms with Crippen LogP contribution in [0.2, 0.25) is 0 Å². The molecule has 1 N–H and O–H groups in total. The predicted molar refractivity (Wildman–Crippen MR) is 107 cm³/mol. The summed E-state index contributed by atoms with van der Waals surface area (Å²) in [7, 11) is 1.62. The van der Waals surface area contributed by atoms with Crippen LogP contribution in [0.4, 0.5) is 0 Å². The molecular formula is C21H30ClNO3. The van der Waals surface area contributed by atoms with E-state index in [0.29, 0.717) is 30.0 Å². The fraction of sp³-hybridized carbons (Fsp3) is 0.571. The lowest BCUT2D eigenvalue weighted by Gasteiger charge is -2.26. The van der Waals surface area contributed by atoms with Gasteiger partial charge in [-0.3, -0.25) is 4.79 Å². The van der Waals surface area contributed by atoms with Gasteiger partial charge in [0, 0.05) is 18.0 Å². The Kier molecular flexibility index (Phi) is 8.82. The minimum absolute atomic E-state index is 0.0371. The van der Waals surface area contributed by atoms with Gasteiger partial charge in [0.05, 0.1) is 13.7 Å². The summed E-state index contributed by atoms with van der Waals surface area (Å²) in [5.74, 6) is 2.76. The van der Waals surface area contributed by atoms with Gasteiger partial charge in [0.25, 0.3) is 0 Å². The molecule has 0 aliphatic heterocycles. The Morgan fingerprint density at radius 2 is 2.00 bits per heavy atom. The Bertz CT molecular complexity index is 595. The lowest BCUT2D eigenvalue weighted by atomic mass is 9.87. The molecule has 1 fully saturated rings. The average molecular weight is 380 g/mol. The second-order valence-electron chi connectivity index (χ2n) is 6.95. The van der Waals surface area contributed by atoms with Crippen molar-refractivity contribution in [1.82, 2.24) is 5.32 Å². The molecule has 1 aromatic rings. The third kappa shape index (κ3) is 6.91. The monoisotopic (exact) mass is 379 g/mol. The molecule has 1 saturated carbocycles. The van der Waals surface area contributed by atoms with E-state index in [0.717, 1.165) is 37.2 Å². The standard InChI is InChI=1S/C21H30ClNO3/c1-16-5-9-18(10-6-16)23-21(24)12-8-17-7-11-19(20(15-17)25-2)26-14-4-3-13-22/h7-8,11-12,15-16,18H,3-6,9-10,13-14H2,1-2H3,(H,23,24)/b12-8+/t16-,18-. The highest BCUT2D eigenvalue weighted by molar-refractivity contribution is 6.17. The van der Waals surface area contributed by atoms with Crippen molar-refractivity contribution >= 4 is 23.6 Å². The van der Waals surface area contributed by atoms with Crippen molar-refractivity contribution in [2.24, 2.45) is 5.92 Å². The number of unbranched alkanes of at least 4 members (excludes halogenated alkanes) is 1. The topological polar surface area (TPSA) is 47.6 Å². The maximum Gasteiger partial charge on any atom is 0.244 e. The van der Waals surface area contributed by atoms with Crippen LogP contribution in [0.3, 0.4) is 0 Å². The highest BCUT2D eigenvalue weighted by Gasteiger charge is 2.18. The molecule has 1 aliphatic carbocycles. The fourth-order valence-corrected chi connectivity index (χ4v) is 3.30. The summed E-state index contributed by atoms with van der Waals surface area (Å²) in [5.41, 5.74) is 0.905. The molecule has 0 atom stereocenters. The maximum absolute atomic E-state index is 12.1. The molecular weight excluding hydrogens is 350 g/mol. The van der Waals surface area contributed by atoms with Crippen LogP contribution in [0.25, 0.3) is 6.08 Å². The average Bonchev–Trinajstić information content (AvgIpc) is 2.66. The fourth-order valence-electron chi connectivity index (χ4n) is 3.11. The number of hydrogen-bond donors (Lipinski definition) is 1. The van der Waals surface area contributed by atoms with Gasteiger partial charge >= 0.3 is 0 Å². The molecule has 144 valence electrons. The van der Waals surface area contributed by atoms with Crippen LogP contribution < -0.4 is 14.8 Å². The smallest absolute Gasteiger partial charge is 0.244 e. The Labute approximate surface area is 161 Å². The van der Waals surface area contributed by atoms with Crippen molar-refractivity contribution in [3.8, 4) is 11.5 Å². The first-order chi connectivity index (χ1) is 12.6. The minimum atomic E-state index is -0.0371. The first-order valence-electron chi connectivity index (χ1n) is 9.47. The van der Waals surface area contributed by atoms with E-state index < -0.39 is 0 Å². The van der Waals surface area contributed by atoms with E-state index in [-0.39, 0.29) is 5.91 Å². The normalized spacial score (nSPS) is 20.1. The van der Waals surface area contributed by atoms with Crippen LogP contribution in [0.5, 0.6) is 11.5 Å². The van der Waals surface area contributed by atoms with Gasteiger partial charge in [-0.25, -0.2) is 0 Å². The van der Waals surface area contributed by atoms with Crippen molar-refractivity contribution < 1.29 is 14.3 Å². The summed E-state index contributed by atoms with van der Waals surface area (Å²) in [4.78, 5) is 12.1. The molecule has 0 saturated heterocycles. The van der Waals surface area contributed by atoms with Crippen LogP contribution >= 0.6 is 11.6 Å². The van der Waals surface area contributed by atoms with Crippen LogP contribution in [0.15, 0.2) is 24.3 Å². The zero-order chi connectivity index (χ0) is 18.8. The van der Waals surface area contributed by atoms with E-state index in [1.807, 2.05) is 18.2 Å². The second-order valence-corrected chi connectivity index (χ2v) is 7.33. The van der Waals surface area contributed by atoms with E-state index in [1.54, 1.807) is 19.3 Å². The van der Waals surface area contributed by atoms with Crippen molar-refractivity contribution in [3.63, 3.8) is 0 Å². The SMILES string of the molecule is COc1cc(/C=C/C(=O)N[C@H]2CC[C@H](C)CC2)ccc1OCCCCCl. The van der Waals surface area contributed by atoms with Gasteiger partial charge in [-0.05, 0) is 68.2 Å². The highest BCUT2D eigenvalue weighted by atomic mass is 35.5. The second kappa shape index (κ2) is 11.1. The first-order valence-corrected chi connectivity index (χ1v) is 10.0. The summed E-state index contributed by atoms with van der Waals surface area (Å²) >= 11 is 5.67. The molecule has 0 spiro atoms. The number of methoxy groups -OCH3 is 1. The largest absolute Gasteiger partial charge is 0.493 e. The number of amides is 1. The number of halogens is 1. The number of rotatable bonds is 9. The van der Waals surface area contributed by atoms with Crippen LogP contribution in [0.1, 0.15) is 51.0 Å². The number of alkyl halides is 1. The molecule has 0 radical (unpaired) electrons. The molecule has 5 heteroatoms. The van der Waals surface area contributed by atoms with Crippen molar-refractivity contribution in [3.05, 3.63) is 29.8 Å². The Hall–Kier alpha value is -1.68. The third-order valence-electron chi connectivity index (χ3n) is 4.76. The Morgan fingerprint density at radius 1 is 1.23 bits per heavy atom. The van der Waals surface area contributed by atoms with Gasteiger partial charge in [0.15, 0.2) is 11.5 Å². The Balaban J connectivity index is 1.87. The number of carbonyl (C=O) groups excluding carboxylic acids is 1. The van der Waals surface area contributed by atoms with Gasteiger partial charge in [-0.1, -0.05) is 13.0 Å².